The van der Waals surface area contributed by atoms with Gasteiger partial charge in [0.25, 0.3) is 0 Å². The van der Waals surface area contributed by atoms with Gasteiger partial charge in [-0.25, -0.2) is 0 Å². The molecule has 0 heterocycles. The van der Waals surface area contributed by atoms with Crippen LogP contribution in [0.25, 0.3) is 0 Å². The zero-order chi connectivity index (χ0) is 16.2. The molecule has 0 aliphatic heterocycles. The number of nitrogens with two attached hydrogens (primary N) is 1. The number of hydrogen-bond donors (Lipinski definition) is 1. The zero-order valence-corrected chi connectivity index (χ0v) is 14.2. The van der Waals surface area contributed by atoms with Crippen molar-refractivity contribution >= 4 is 5.69 Å². The first-order chi connectivity index (χ1) is 10.5. The predicted molar refractivity (Wildman–Crippen MR) is 96.4 cm³/mol. The molecule has 2 aromatic rings. The number of nitrogens with zero attached hydrogens (tertiary/aromatic N) is 1. The maximum Gasteiger partial charge on any atom is 0.0664 e. The maximum atomic E-state index is 6.10. The lowest BCUT2D eigenvalue weighted by molar-refractivity contribution is 0.588. The topological polar surface area (TPSA) is 29.3 Å². The van der Waals surface area contributed by atoms with Crippen LogP contribution in [0.15, 0.2) is 54.6 Å². The van der Waals surface area contributed by atoms with Crippen molar-refractivity contribution in [2.75, 3.05) is 18.0 Å². The maximum absolute atomic E-state index is 6.10. The lowest BCUT2D eigenvalue weighted by Gasteiger charge is -2.33. The Morgan fingerprint density at radius 3 is 2.00 bits per heavy atom. The molecule has 0 aliphatic carbocycles. The van der Waals surface area contributed by atoms with E-state index in [1.807, 2.05) is 6.07 Å². The number of benzene rings is 2. The highest BCUT2D eigenvalue weighted by molar-refractivity contribution is 5.49. The van der Waals surface area contributed by atoms with Crippen LogP contribution < -0.4 is 10.6 Å². The second-order valence-corrected chi connectivity index (χ2v) is 6.75. The quantitative estimate of drug-likeness (QED) is 0.879. The first kappa shape index (κ1) is 16.6. The third kappa shape index (κ3) is 3.69. The van der Waals surface area contributed by atoms with Crippen LogP contribution in [0.5, 0.6) is 0 Å². The standard InChI is InChI=1S/C20H28N2/c1-5-22(18-9-7-6-8-10-18)19(15-21)16-11-13-17(14-12-16)20(2,3)4/h6-14,19H,5,15,21H2,1-4H3. The molecule has 1 unspecified atom stereocenters. The minimum absolute atomic E-state index is 0.181. The van der Waals surface area contributed by atoms with E-state index in [0.717, 1.165) is 6.54 Å². The van der Waals surface area contributed by atoms with Gasteiger partial charge in [0.2, 0.25) is 0 Å². The number of rotatable bonds is 5. The predicted octanol–water partition coefficient (Wildman–Crippen LogP) is 4.51. The largest absolute Gasteiger partial charge is 0.363 e. The van der Waals surface area contributed by atoms with Gasteiger partial charge in [0.1, 0.15) is 0 Å². The fourth-order valence-electron chi connectivity index (χ4n) is 2.85. The van der Waals surface area contributed by atoms with Crippen LogP contribution in [0.4, 0.5) is 5.69 Å². The molecule has 0 spiro atoms. The first-order valence-corrected chi connectivity index (χ1v) is 8.09. The normalized spacial score (nSPS) is 13.0. The van der Waals surface area contributed by atoms with E-state index in [0.29, 0.717) is 6.54 Å². The zero-order valence-electron chi connectivity index (χ0n) is 14.2. The molecule has 0 bridgehead atoms. The van der Waals surface area contributed by atoms with E-state index in [4.69, 9.17) is 5.73 Å². The number of hydrogen-bond acceptors (Lipinski definition) is 2. The van der Waals surface area contributed by atoms with Crippen molar-refractivity contribution < 1.29 is 0 Å². The summed E-state index contributed by atoms with van der Waals surface area (Å²) < 4.78 is 0. The van der Waals surface area contributed by atoms with Crippen molar-refractivity contribution in [3.05, 3.63) is 65.7 Å². The highest BCUT2D eigenvalue weighted by Gasteiger charge is 2.19. The van der Waals surface area contributed by atoms with E-state index < -0.39 is 0 Å². The van der Waals surface area contributed by atoms with Crippen molar-refractivity contribution in [1.82, 2.24) is 0 Å². The summed E-state index contributed by atoms with van der Waals surface area (Å²) in [7, 11) is 0. The van der Waals surface area contributed by atoms with Crippen LogP contribution in [0, 0.1) is 0 Å². The molecular formula is C20H28N2. The van der Waals surface area contributed by atoms with Gasteiger partial charge in [-0.1, -0.05) is 63.2 Å². The van der Waals surface area contributed by atoms with Crippen LogP contribution in [0.3, 0.4) is 0 Å². The second kappa shape index (κ2) is 6.97. The summed E-state index contributed by atoms with van der Waals surface area (Å²) in [5.74, 6) is 0. The van der Waals surface area contributed by atoms with Crippen LogP contribution >= 0.6 is 0 Å². The lowest BCUT2D eigenvalue weighted by atomic mass is 9.86. The molecule has 2 aromatic carbocycles. The second-order valence-electron chi connectivity index (χ2n) is 6.75. The Bertz CT molecular complexity index is 567. The SMILES string of the molecule is CCN(c1ccccc1)C(CN)c1ccc(C(C)(C)C)cc1. The molecular weight excluding hydrogens is 268 g/mol. The van der Waals surface area contributed by atoms with Crippen molar-refractivity contribution in [1.29, 1.82) is 0 Å². The van der Waals surface area contributed by atoms with Gasteiger partial charge in [0.15, 0.2) is 0 Å². The Labute approximate surface area is 135 Å². The molecule has 0 saturated heterocycles. The third-order valence-corrected chi connectivity index (χ3v) is 4.19. The van der Waals surface area contributed by atoms with Crippen molar-refractivity contribution in [2.24, 2.45) is 5.73 Å². The number of anilines is 1. The van der Waals surface area contributed by atoms with Crippen molar-refractivity contribution in [3.8, 4) is 0 Å². The van der Waals surface area contributed by atoms with Gasteiger partial charge in [-0.3, -0.25) is 0 Å². The van der Waals surface area contributed by atoms with Crippen LogP contribution in [0.2, 0.25) is 0 Å². The molecule has 0 aromatic heterocycles. The summed E-state index contributed by atoms with van der Waals surface area (Å²) in [4.78, 5) is 2.37. The molecule has 1 atom stereocenters. The fraction of sp³-hybridized carbons (Fsp3) is 0.400. The minimum Gasteiger partial charge on any atom is -0.363 e. The average molecular weight is 296 g/mol. The van der Waals surface area contributed by atoms with Gasteiger partial charge in [-0.15, -0.1) is 0 Å². The van der Waals surface area contributed by atoms with E-state index in [1.54, 1.807) is 0 Å². The minimum atomic E-state index is 0.181. The molecule has 0 radical (unpaired) electrons. The molecule has 2 heteroatoms. The summed E-state index contributed by atoms with van der Waals surface area (Å²) >= 11 is 0. The van der Waals surface area contributed by atoms with Crippen LogP contribution in [-0.2, 0) is 5.41 Å². The Kier molecular flexibility index (Phi) is 5.25. The highest BCUT2D eigenvalue weighted by atomic mass is 15.2. The van der Waals surface area contributed by atoms with Crippen LogP contribution in [0.1, 0.15) is 44.9 Å². The summed E-state index contributed by atoms with van der Waals surface area (Å²) in [5, 5.41) is 0. The summed E-state index contributed by atoms with van der Waals surface area (Å²) in [5.41, 5.74) is 10.1. The van der Waals surface area contributed by atoms with Crippen LogP contribution in [-0.4, -0.2) is 13.1 Å². The average Bonchev–Trinajstić information content (AvgIpc) is 2.52. The van der Waals surface area contributed by atoms with Gasteiger partial charge >= 0.3 is 0 Å². The molecule has 2 rings (SSSR count). The van der Waals surface area contributed by atoms with Gasteiger partial charge in [0, 0.05) is 18.8 Å². The lowest BCUT2D eigenvalue weighted by Crippen LogP contribution is -2.33. The van der Waals surface area contributed by atoms with E-state index in [2.05, 4.69) is 81.1 Å². The molecule has 0 saturated carbocycles. The Morgan fingerprint density at radius 1 is 0.955 bits per heavy atom. The van der Waals surface area contributed by atoms with Gasteiger partial charge in [0.05, 0.1) is 6.04 Å². The third-order valence-electron chi connectivity index (χ3n) is 4.19. The van der Waals surface area contributed by atoms with Gasteiger partial charge in [-0.05, 0) is 35.6 Å². The highest BCUT2D eigenvalue weighted by Crippen LogP contribution is 2.28. The smallest absolute Gasteiger partial charge is 0.0664 e. The first-order valence-electron chi connectivity index (χ1n) is 8.09. The Morgan fingerprint density at radius 2 is 1.55 bits per heavy atom. The van der Waals surface area contributed by atoms with E-state index in [9.17, 15) is 0 Å². The number of likely N-dealkylation sites (N-methyl/N-ethyl adjacent to an activating group) is 1. The van der Waals surface area contributed by atoms with Gasteiger partial charge < -0.3 is 10.6 Å². The fourth-order valence-corrected chi connectivity index (χ4v) is 2.85. The summed E-state index contributed by atoms with van der Waals surface area (Å²) in [6.45, 7) is 10.4. The molecule has 0 fully saturated rings. The number of para-hydroxylation sites is 1. The molecule has 2 N–H and O–H groups in total. The van der Waals surface area contributed by atoms with E-state index in [1.165, 1.54) is 16.8 Å². The van der Waals surface area contributed by atoms with Crippen molar-refractivity contribution in [2.45, 2.75) is 39.2 Å². The Balaban J connectivity index is 2.30. The van der Waals surface area contributed by atoms with Gasteiger partial charge in [-0.2, -0.15) is 0 Å². The molecule has 2 nitrogen and oxygen atoms in total. The monoisotopic (exact) mass is 296 g/mol. The molecule has 118 valence electrons. The molecule has 22 heavy (non-hydrogen) atoms. The summed E-state index contributed by atoms with van der Waals surface area (Å²) in [6.07, 6.45) is 0. The summed E-state index contributed by atoms with van der Waals surface area (Å²) in [6, 6.07) is 19.6. The van der Waals surface area contributed by atoms with E-state index >= 15 is 0 Å². The molecule has 0 amide bonds. The Hall–Kier alpha value is -1.80. The van der Waals surface area contributed by atoms with E-state index in [-0.39, 0.29) is 11.5 Å². The van der Waals surface area contributed by atoms with Crippen molar-refractivity contribution in [3.63, 3.8) is 0 Å². The molecule has 0 aliphatic rings.